The van der Waals surface area contributed by atoms with Crippen LogP contribution in [-0.4, -0.2) is 70.2 Å². The number of anilines is 1. The summed E-state index contributed by atoms with van der Waals surface area (Å²) < 4.78 is 1.49. The van der Waals surface area contributed by atoms with Crippen LogP contribution < -0.4 is 22.1 Å². The lowest BCUT2D eigenvalue weighted by Crippen LogP contribution is -2.52. The third kappa shape index (κ3) is 5.98. The molecule has 2 fully saturated rings. The molecule has 0 saturated carbocycles. The number of amides is 2. The Morgan fingerprint density at radius 2 is 1.94 bits per heavy atom. The molecule has 4 rings (SSSR count). The summed E-state index contributed by atoms with van der Waals surface area (Å²) in [4.78, 5) is 33.3. The van der Waals surface area contributed by atoms with E-state index in [0.717, 1.165) is 44.7 Å². The summed E-state index contributed by atoms with van der Waals surface area (Å²) in [5.74, 6) is 0.885. The van der Waals surface area contributed by atoms with E-state index in [2.05, 4.69) is 39.6 Å². The molecule has 0 spiro atoms. The first-order valence-electron chi connectivity index (χ1n) is 11.9. The Morgan fingerprint density at radius 3 is 2.58 bits per heavy atom. The zero-order valence-corrected chi connectivity index (χ0v) is 19.5. The van der Waals surface area contributed by atoms with E-state index in [4.69, 9.17) is 5.73 Å². The molecule has 2 aliphatic rings. The molecule has 178 valence electrons. The van der Waals surface area contributed by atoms with Crippen molar-refractivity contribution in [1.29, 1.82) is 0 Å². The molecule has 1 aromatic carbocycles. The van der Waals surface area contributed by atoms with Gasteiger partial charge in [-0.05, 0) is 69.5 Å². The summed E-state index contributed by atoms with van der Waals surface area (Å²) in [6, 6.07) is 9.92. The smallest absolute Gasteiger partial charge is 0.328 e. The van der Waals surface area contributed by atoms with Crippen LogP contribution in [0, 0.1) is 5.92 Å². The second-order valence-electron chi connectivity index (χ2n) is 9.34. The van der Waals surface area contributed by atoms with Gasteiger partial charge in [0.05, 0.1) is 5.69 Å². The van der Waals surface area contributed by atoms with Crippen molar-refractivity contribution in [3.8, 4) is 5.69 Å². The summed E-state index contributed by atoms with van der Waals surface area (Å²) in [5.41, 5.74) is 7.59. The van der Waals surface area contributed by atoms with Crippen molar-refractivity contribution in [2.75, 3.05) is 38.0 Å². The van der Waals surface area contributed by atoms with Gasteiger partial charge in [0, 0.05) is 44.5 Å². The van der Waals surface area contributed by atoms with Gasteiger partial charge in [0.1, 0.15) is 5.82 Å². The number of piperazine rings is 1. The highest BCUT2D eigenvalue weighted by molar-refractivity contribution is 5.88. The van der Waals surface area contributed by atoms with Gasteiger partial charge in [0.2, 0.25) is 0 Å². The van der Waals surface area contributed by atoms with Crippen LogP contribution in [0.1, 0.15) is 32.3 Å². The minimum Gasteiger partial charge on any atom is -0.328 e. The summed E-state index contributed by atoms with van der Waals surface area (Å²) >= 11 is 0. The topological polar surface area (TPSA) is 109 Å². The number of piperidine rings is 1. The van der Waals surface area contributed by atoms with Crippen LogP contribution in [0.15, 0.2) is 41.3 Å². The molecule has 4 N–H and O–H groups in total. The largest absolute Gasteiger partial charge is 0.354 e. The maximum Gasteiger partial charge on any atom is 0.354 e. The molecule has 0 aliphatic carbocycles. The molecule has 2 amide bonds. The Hall–Kier alpha value is -2.75. The number of urea groups is 1. The monoisotopic (exact) mass is 453 g/mol. The number of likely N-dealkylation sites (tertiary alicyclic amines) is 1. The number of hydrogen-bond donors (Lipinski definition) is 3. The van der Waals surface area contributed by atoms with Crippen LogP contribution in [-0.2, 0) is 6.54 Å². The van der Waals surface area contributed by atoms with E-state index in [-0.39, 0.29) is 23.9 Å². The summed E-state index contributed by atoms with van der Waals surface area (Å²) in [5, 5.41) is 6.04. The van der Waals surface area contributed by atoms with Crippen molar-refractivity contribution in [3.05, 3.63) is 52.6 Å². The second kappa shape index (κ2) is 10.5. The number of carbonyl (C=O) groups is 1. The van der Waals surface area contributed by atoms with Gasteiger partial charge in [-0.3, -0.25) is 14.8 Å². The van der Waals surface area contributed by atoms with Crippen LogP contribution in [0.4, 0.5) is 10.6 Å². The van der Waals surface area contributed by atoms with Crippen molar-refractivity contribution >= 4 is 11.8 Å². The molecule has 2 saturated heterocycles. The quantitative estimate of drug-likeness (QED) is 0.635. The summed E-state index contributed by atoms with van der Waals surface area (Å²) in [7, 11) is 0. The Labute approximate surface area is 195 Å². The van der Waals surface area contributed by atoms with Gasteiger partial charge in [-0.25, -0.2) is 9.59 Å². The van der Waals surface area contributed by atoms with Crippen molar-refractivity contribution in [3.63, 3.8) is 0 Å². The SMILES string of the molecule is CC(N)C1CCN(Cc2ccc(-n3ccc(NC(=O)N4CCN[C@H](C)C4)nc3=O)cc2)CC1. The molecule has 2 aromatic rings. The number of rotatable bonds is 5. The summed E-state index contributed by atoms with van der Waals surface area (Å²) in [6.07, 6.45) is 3.94. The van der Waals surface area contributed by atoms with Gasteiger partial charge in [-0.2, -0.15) is 4.98 Å². The van der Waals surface area contributed by atoms with Crippen molar-refractivity contribution in [2.24, 2.45) is 11.7 Å². The van der Waals surface area contributed by atoms with Gasteiger partial charge in [-0.15, -0.1) is 0 Å². The number of nitrogens with zero attached hydrogens (tertiary/aromatic N) is 4. The molecule has 1 aromatic heterocycles. The van der Waals surface area contributed by atoms with E-state index in [0.29, 0.717) is 19.0 Å². The number of nitrogens with one attached hydrogen (secondary N) is 2. The zero-order valence-electron chi connectivity index (χ0n) is 19.5. The molecule has 9 heteroatoms. The van der Waals surface area contributed by atoms with E-state index >= 15 is 0 Å². The zero-order chi connectivity index (χ0) is 23.4. The van der Waals surface area contributed by atoms with Gasteiger partial charge in [0.25, 0.3) is 0 Å². The van der Waals surface area contributed by atoms with Crippen LogP contribution in [0.5, 0.6) is 0 Å². The lowest BCUT2D eigenvalue weighted by atomic mass is 9.91. The van der Waals surface area contributed by atoms with Crippen molar-refractivity contribution in [2.45, 2.75) is 45.3 Å². The van der Waals surface area contributed by atoms with Crippen LogP contribution in [0.25, 0.3) is 5.69 Å². The van der Waals surface area contributed by atoms with Crippen LogP contribution in [0.2, 0.25) is 0 Å². The fourth-order valence-electron chi connectivity index (χ4n) is 4.63. The molecule has 1 unspecified atom stereocenters. The van der Waals surface area contributed by atoms with Crippen LogP contribution in [0.3, 0.4) is 0 Å². The Balaban J connectivity index is 1.35. The fourth-order valence-corrected chi connectivity index (χ4v) is 4.63. The number of carbonyl (C=O) groups excluding carboxylic acids is 1. The fraction of sp³-hybridized carbons (Fsp3) is 0.542. The molecular weight excluding hydrogens is 418 g/mol. The van der Waals surface area contributed by atoms with Gasteiger partial charge >= 0.3 is 11.7 Å². The highest BCUT2D eigenvalue weighted by Crippen LogP contribution is 2.21. The molecule has 0 radical (unpaired) electrons. The standard InChI is InChI=1S/C24H35N7O2/c1-17-15-30(14-10-26-17)23(32)27-22-9-13-31(24(33)28-22)21-5-3-19(4-6-21)16-29-11-7-20(8-12-29)18(2)25/h3-6,9,13,17-18,20,26H,7-8,10-12,14-16,25H2,1-2H3,(H,27,28,32,33)/t17-,18?/m1/s1. The molecule has 9 nitrogen and oxygen atoms in total. The number of nitrogens with two attached hydrogens (primary N) is 1. The number of benzene rings is 1. The first-order chi connectivity index (χ1) is 15.9. The average Bonchev–Trinajstić information content (AvgIpc) is 2.80. The molecule has 2 aliphatic heterocycles. The molecular formula is C24H35N7O2. The average molecular weight is 454 g/mol. The Morgan fingerprint density at radius 1 is 1.21 bits per heavy atom. The lowest BCUT2D eigenvalue weighted by molar-refractivity contribution is 0.166. The highest BCUT2D eigenvalue weighted by Gasteiger charge is 2.22. The Bertz CT molecular complexity index is 997. The maximum atomic E-state index is 12.6. The predicted octanol–water partition coefficient (Wildman–Crippen LogP) is 1.62. The van der Waals surface area contributed by atoms with E-state index in [1.807, 2.05) is 19.1 Å². The van der Waals surface area contributed by atoms with E-state index in [1.54, 1.807) is 17.2 Å². The van der Waals surface area contributed by atoms with E-state index in [9.17, 15) is 9.59 Å². The third-order valence-electron chi connectivity index (χ3n) is 6.69. The molecule has 2 atom stereocenters. The van der Waals surface area contributed by atoms with E-state index < -0.39 is 5.69 Å². The van der Waals surface area contributed by atoms with Gasteiger partial charge in [-0.1, -0.05) is 12.1 Å². The first kappa shape index (κ1) is 23.4. The Kier molecular flexibility index (Phi) is 7.42. The maximum absolute atomic E-state index is 12.6. The predicted molar refractivity (Wildman–Crippen MR) is 130 cm³/mol. The third-order valence-corrected chi connectivity index (χ3v) is 6.69. The normalized spacial score (nSPS) is 21.1. The van der Waals surface area contributed by atoms with Gasteiger partial charge in [0.15, 0.2) is 0 Å². The second-order valence-corrected chi connectivity index (χ2v) is 9.34. The van der Waals surface area contributed by atoms with Crippen molar-refractivity contribution in [1.82, 2.24) is 24.7 Å². The first-order valence-corrected chi connectivity index (χ1v) is 11.9. The highest BCUT2D eigenvalue weighted by atomic mass is 16.2. The van der Waals surface area contributed by atoms with Crippen LogP contribution >= 0.6 is 0 Å². The minimum atomic E-state index is -0.424. The molecule has 33 heavy (non-hydrogen) atoms. The van der Waals surface area contributed by atoms with E-state index in [1.165, 1.54) is 10.1 Å². The summed E-state index contributed by atoms with van der Waals surface area (Å²) in [6.45, 7) is 9.18. The number of aromatic nitrogens is 2. The van der Waals surface area contributed by atoms with Gasteiger partial charge < -0.3 is 16.0 Å². The molecule has 3 heterocycles. The lowest BCUT2D eigenvalue weighted by Gasteiger charge is -2.33. The number of hydrogen-bond acceptors (Lipinski definition) is 6. The van der Waals surface area contributed by atoms with Crippen molar-refractivity contribution < 1.29 is 4.79 Å². The molecule has 0 bridgehead atoms. The minimum absolute atomic E-state index is 0.234.